The van der Waals surface area contributed by atoms with E-state index in [4.69, 9.17) is 14.6 Å². The van der Waals surface area contributed by atoms with Gasteiger partial charge in [-0.2, -0.15) is 0 Å². The monoisotopic (exact) mass is 275 g/mol. The van der Waals surface area contributed by atoms with Crippen molar-refractivity contribution >= 4 is 13.2 Å². The second kappa shape index (κ2) is 6.59. The van der Waals surface area contributed by atoms with Gasteiger partial charge in [-0.25, -0.2) is 9.95 Å². The van der Waals surface area contributed by atoms with E-state index >= 15 is 0 Å². The molecule has 0 bridgehead atoms. The van der Waals surface area contributed by atoms with Gasteiger partial charge in [-0.15, -0.1) is 0 Å². The molecule has 0 atom stereocenters. The van der Waals surface area contributed by atoms with Crippen molar-refractivity contribution in [3.05, 3.63) is 51.0 Å². The van der Waals surface area contributed by atoms with Crippen molar-refractivity contribution in [3.8, 4) is 0 Å². The maximum Gasteiger partial charge on any atom is 0.488 e. The van der Waals surface area contributed by atoms with Gasteiger partial charge in [-0.1, -0.05) is 31.6 Å². The van der Waals surface area contributed by atoms with Gasteiger partial charge < -0.3 is 14.6 Å². The molecule has 6 heteroatoms. The largest absolute Gasteiger partial charge is 0.488 e. The first kappa shape index (κ1) is 14.6. The fourth-order valence-corrected chi connectivity index (χ4v) is 2.09. The highest BCUT2D eigenvalue weighted by atomic mass is 16.5. The lowest BCUT2D eigenvalue weighted by Gasteiger charge is -2.08. The van der Waals surface area contributed by atoms with Crippen LogP contribution >= 0.6 is 0 Å². The summed E-state index contributed by atoms with van der Waals surface area (Å²) in [6.07, 6.45) is 10.3. The van der Waals surface area contributed by atoms with Crippen LogP contribution < -0.4 is 5.63 Å². The summed E-state index contributed by atoms with van der Waals surface area (Å²) in [6, 6.07) is 0. The molecular formula is C14H18BNO4. The van der Waals surface area contributed by atoms with Crippen LogP contribution in [0.25, 0.3) is 6.08 Å². The molecule has 3 N–H and O–H groups in total. The zero-order chi connectivity index (χ0) is 14.5. The van der Waals surface area contributed by atoms with Crippen LogP contribution in [0.3, 0.4) is 0 Å². The first-order chi connectivity index (χ1) is 9.61. The molecule has 1 aliphatic rings. The molecule has 1 aromatic heterocycles. The number of aromatic amines is 1. The third-order valence-corrected chi connectivity index (χ3v) is 3.28. The first-order valence-corrected chi connectivity index (χ1v) is 6.77. The van der Waals surface area contributed by atoms with Crippen molar-refractivity contribution < 1.29 is 14.6 Å². The van der Waals surface area contributed by atoms with Crippen molar-refractivity contribution in [2.75, 3.05) is 0 Å². The smallest absolute Gasteiger partial charge is 0.423 e. The van der Waals surface area contributed by atoms with E-state index in [-0.39, 0.29) is 5.63 Å². The second-order valence-corrected chi connectivity index (χ2v) is 4.82. The highest BCUT2D eigenvalue weighted by Gasteiger charge is 2.15. The highest BCUT2D eigenvalue weighted by molar-refractivity contribution is 6.51. The van der Waals surface area contributed by atoms with Gasteiger partial charge in [0.15, 0.2) is 0 Å². The van der Waals surface area contributed by atoms with Crippen LogP contribution in [-0.4, -0.2) is 22.3 Å². The number of H-pyrrole nitrogens is 1. The SMILES string of the molecule is CCCCc1[nH]oc(=O)c1C=C1C=CC(B(O)O)=CC1. The molecule has 0 unspecified atom stereocenters. The number of nitrogens with one attached hydrogen (secondary N) is 1. The fourth-order valence-electron chi connectivity index (χ4n) is 2.09. The summed E-state index contributed by atoms with van der Waals surface area (Å²) >= 11 is 0. The average Bonchev–Trinajstić information content (AvgIpc) is 2.78. The van der Waals surface area contributed by atoms with Crippen molar-refractivity contribution in [1.29, 1.82) is 0 Å². The predicted molar refractivity (Wildman–Crippen MR) is 77.9 cm³/mol. The summed E-state index contributed by atoms with van der Waals surface area (Å²) in [4.78, 5) is 11.7. The molecule has 0 aromatic carbocycles. The summed E-state index contributed by atoms with van der Waals surface area (Å²) in [5.41, 5.74) is 2.40. The van der Waals surface area contributed by atoms with Crippen LogP contribution in [0.1, 0.15) is 37.4 Å². The minimum absolute atomic E-state index is 0.367. The molecular weight excluding hydrogens is 257 g/mol. The molecule has 0 radical (unpaired) electrons. The van der Waals surface area contributed by atoms with Gasteiger partial charge >= 0.3 is 12.7 Å². The van der Waals surface area contributed by atoms with Crippen LogP contribution in [0.2, 0.25) is 0 Å². The third kappa shape index (κ3) is 3.40. The van der Waals surface area contributed by atoms with Crippen LogP contribution in [0.4, 0.5) is 0 Å². The maximum atomic E-state index is 11.7. The Hall–Kier alpha value is -1.79. The summed E-state index contributed by atoms with van der Waals surface area (Å²) < 4.78 is 4.85. The van der Waals surface area contributed by atoms with Crippen molar-refractivity contribution in [2.24, 2.45) is 0 Å². The van der Waals surface area contributed by atoms with E-state index in [1.807, 2.05) is 0 Å². The molecule has 5 nitrogen and oxygen atoms in total. The van der Waals surface area contributed by atoms with Gasteiger partial charge in [-0.3, -0.25) is 0 Å². The molecule has 0 saturated heterocycles. The van der Waals surface area contributed by atoms with E-state index < -0.39 is 7.12 Å². The lowest BCUT2D eigenvalue weighted by Crippen LogP contribution is -2.15. The Balaban J connectivity index is 2.19. The molecule has 20 heavy (non-hydrogen) atoms. The molecule has 1 aromatic rings. The molecule has 0 amide bonds. The number of rotatable bonds is 5. The van der Waals surface area contributed by atoms with Crippen molar-refractivity contribution in [3.63, 3.8) is 0 Å². The standard InChI is InChI=1S/C14H18BNO4/c1-2-3-4-13-12(14(17)20-16-13)9-10-5-7-11(8-6-10)15(18)19/h5,7-9,16,18-19H,2-4,6H2,1H3. The molecule has 0 spiro atoms. The summed E-state index contributed by atoms with van der Waals surface area (Å²) in [5.74, 6) is 0. The maximum absolute atomic E-state index is 11.7. The fraction of sp³-hybridized carbons (Fsp3) is 0.357. The Bertz CT molecular complexity index is 607. The molecule has 2 rings (SSSR count). The average molecular weight is 275 g/mol. The van der Waals surface area contributed by atoms with Crippen LogP contribution in [0.15, 0.2) is 38.6 Å². The minimum atomic E-state index is -1.45. The number of unbranched alkanes of at least 4 members (excludes halogenated alkanes) is 1. The van der Waals surface area contributed by atoms with E-state index in [2.05, 4.69) is 12.1 Å². The topological polar surface area (TPSA) is 86.5 Å². The number of hydrogen-bond acceptors (Lipinski definition) is 4. The van der Waals surface area contributed by atoms with Gasteiger partial charge in [0.25, 0.3) is 0 Å². The zero-order valence-corrected chi connectivity index (χ0v) is 11.4. The number of hydrogen-bond donors (Lipinski definition) is 3. The Labute approximate surface area is 117 Å². The van der Waals surface area contributed by atoms with Gasteiger partial charge in [0.05, 0.1) is 11.3 Å². The minimum Gasteiger partial charge on any atom is -0.423 e. The van der Waals surface area contributed by atoms with Crippen molar-refractivity contribution in [1.82, 2.24) is 5.16 Å². The van der Waals surface area contributed by atoms with Crippen LogP contribution in [0.5, 0.6) is 0 Å². The number of aryl methyl sites for hydroxylation is 1. The summed E-state index contributed by atoms with van der Waals surface area (Å²) in [5, 5.41) is 20.8. The van der Waals surface area contributed by atoms with Crippen molar-refractivity contribution in [2.45, 2.75) is 32.6 Å². The van der Waals surface area contributed by atoms with Gasteiger partial charge in [0.1, 0.15) is 0 Å². The van der Waals surface area contributed by atoms with E-state index in [9.17, 15) is 4.79 Å². The third-order valence-electron chi connectivity index (χ3n) is 3.28. The predicted octanol–water partition coefficient (Wildman–Crippen LogP) is 1.59. The molecule has 0 aliphatic heterocycles. The Morgan fingerprint density at radius 2 is 2.25 bits per heavy atom. The molecule has 106 valence electrons. The second-order valence-electron chi connectivity index (χ2n) is 4.82. The number of aromatic nitrogens is 1. The lowest BCUT2D eigenvalue weighted by atomic mass is 9.76. The number of allylic oxidation sites excluding steroid dienone is 5. The normalized spacial score (nSPS) is 16.6. The molecule has 0 fully saturated rings. The highest BCUT2D eigenvalue weighted by Crippen LogP contribution is 2.19. The Morgan fingerprint density at radius 3 is 2.85 bits per heavy atom. The van der Waals surface area contributed by atoms with Crippen LogP contribution in [0, 0.1) is 0 Å². The van der Waals surface area contributed by atoms with E-state index in [1.54, 1.807) is 24.3 Å². The van der Waals surface area contributed by atoms with Gasteiger partial charge in [0, 0.05) is 0 Å². The lowest BCUT2D eigenvalue weighted by molar-refractivity contribution is 0.384. The van der Waals surface area contributed by atoms with E-state index in [0.717, 1.165) is 30.5 Å². The zero-order valence-electron chi connectivity index (χ0n) is 11.4. The summed E-state index contributed by atoms with van der Waals surface area (Å²) in [7, 11) is -1.45. The van der Waals surface area contributed by atoms with Gasteiger partial charge in [-0.05, 0) is 36.4 Å². The van der Waals surface area contributed by atoms with E-state index in [1.165, 1.54) is 0 Å². The quantitative estimate of drug-likeness (QED) is 0.712. The Kier molecular flexibility index (Phi) is 4.81. The molecule has 1 heterocycles. The Morgan fingerprint density at radius 1 is 1.45 bits per heavy atom. The summed E-state index contributed by atoms with van der Waals surface area (Å²) in [6.45, 7) is 2.09. The first-order valence-electron chi connectivity index (χ1n) is 6.77. The van der Waals surface area contributed by atoms with E-state index in [0.29, 0.717) is 17.5 Å². The molecule has 0 saturated carbocycles. The van der Waals surface area contributed by atoms with Gasteiger partial charge in [0.2, 0.25) is 0 Å². The van der Waals surface area contributed by atoms with Crippen LogP contribution in [-0.2, 0) is 6.42 Å². The molecule has 1 aliphatic carbocycles.